The first-order valence-electron chi connectivity index (χ1n) is 21.2. The number of hydrogen-bond donors (Lipinski definition) is 4. The standard InChI is InChI=1S/C43H67N7O9S/c1-9-11-19-32(35(51)38(53)44-23-10-2)45-37(52)33-25-31(59-41(56)49-24-20-29-17-13-14-18-30(29)26-49)27-50(33)39(54)36(43(6)21-15-12-16-22-43)47-40(55)46-34(42(3,4)5)28-48(7)60(8,57)58/h10,13-14,17-18,31-34,36H,2,9,11-12,15-16,19-28H2,1,3-8H3,(H,44,53)(H,45,52)(H2,46,47,55)/t31?,32?,33-,34+,36+/m0/s1. The Balaban J connectivity index is 1.65. The quantitative estimate of drug-likeness (QED) is 0.133. The van der Waals surface area contributed by atoms with E-state index < -0.39 is 86.8 Å². The van der Waals surface area contributed by atoms with Gasteiger partial charge in [-0.05, 0) is 47.6 Å². The monoisotopic (exact) mass is 857 g/mol. The molecule has 0 aromatic heterocycles. The fourth-order valence-corrected chi connectivity index (χ4v) is 8.63. The highest BCUT2D eigenvalue weighted by Crippen LogP contribution is 2.40. The van der Waals surface area contributed by atoms with Crippen molar-refractivity contribution in [3.8, 4) is 0 Å². The minimum absolute atomic E-state index is 0.0147. The Morgan fingerprint density at radius 2 is 1.70 bits per heavy atom. The first-order valence-corrected chi connectivity index (χ1v) is 23.1. The Kier molecular flexibility index (Phi) is 16.7. The SMILES string of the molecule is C=CCNC(=O)C(=O)C(CCCC)NC(=O)[C@@H]1CC(OC(=O)N2CCc3ccccc3C2)CN1C(=O)[C@@H](NC(=O)N[C@H](CN(C)S(C)(=O)=O)C(C)(C)C)C1(C)CCCCC1. The molecule has 0 bridgehead atoms. The van der Waals surface area contributed by atoms with Gasteiger partial charge in [-0.3, -0.25) is 19.2 Å². The molecule has 2 unspecified atom stereocenters. The number of hydrogen-bond acceptors (Lipinski definition) is 9. The van der Waals surface area contributed by atoms with E-state index in [0.717, 1.165) is 41.0 Å². The Labute approximate surface area is 356 Å². The van der Waals surface area contributed by atoms with E-state index in [2.05, 4.69) is 27.8 Å². The van der Waals surface area contributed by atoms with Gasteiger partial charge in [0.25, 0.3) is 5.91 Å². The van der Waals surface area contributed by atoms with Gasteiger partial charge in [0.2, 0.25) is 27.6 Å². The molecule has 5 atom stereocenters. The second kappa shape index (κ2) is 20.8. The number of rotatable bonds is 17. The lowest BCUT2D eigenvalue weighted by molar-refractivity contribution is -0.144. The second-order valence-corrected chi connectivity index (χ2v) is 20.1. The van der Waals surface area contributed by atoms with Gasteiger partial charge in [-0.1, -0.05) is 97.1 Å². The number of fused-ring (bicyclic) bond motifs is 1. The molecule has 0 spiro atoms. The lowest BCUT2D eigenvalue weighted by atomic mass is 9.70. The summed E-state index contributed by atoms with van der Waals surface area (Å²) >= 11 is 0. The Morgan fingerprint density at radius 1 is 1.03 bits per heavy atom. The molecule has 1 saturated carbocycles. The largest absolute Gasteiger partial charge is 0.444 e. The van der Waals surface area contributed by atoms with E-state index in [1.807, 2.05) is 58.9 Å². The first-order chi connectivity index (χ1) is 28.2. The van der Waals surface area contributed by atoms with Crippen LogP contribution in [0.5, 0.6) is 0 Å². The van der Waals surface area contributed by atoms with Crippen molar-refractivity contribution in [2.24, 2.45) is 10.8 Å². The minimum atomic E-state index is -3.57. The van der Waals surface area contributed by atoms with Crippen LogP contribution < -0.4 is 21.3 Å². The maximum atomic E-state index is 15.1. The van der Waals surface area contributed by atoms with E-state index in [1.165, 1.54) is 18.0 Å². The van der Waals surface area contributed by atoms with Crippen molar-refractivity contribution in [1.82, 2.24) is 35.4 Å². The third-order valence-electron chi connectivity index (χ3n) is 12.2. The molecule has 1 saturated heterocycles. The lowest BCUT2D eigenvalue weighted by Crippen LogP contribution is -2.63. The predicted octanol–water partition coefficient (Wildman–Crippen LogP) is 3.64. The third kappa shape index (κ3) is 12.8. The van der Waals surface area contributed by atoms with Crippen LogP contribution in [0.15, 0.2) is 36.9 Å². The zero-order chi connectivity index (χ0) is 44.4. The zero-order valence-corrected chi connectivity index (χ0v) is 37.3. The molecule has 2 fully saturated rings. The van der Waals surface area contributed by atoms with E-state index in [4.69, 9.17) is 4.74 Å². The number of carbonyl (C=O) groups is 6. The summed E-state index contributed by atoms with van der Waals surface area (Å²) in [6.45, 7) is 13.7. The summed E-state index contributed by atoms with van der Waals surface area (Å²) < 4.78 is 31.9. The van der Waals surface area contributed by atoms with E-state index in [1.54, 1.807) is 4.90 Å². The maximum absolute atomic E-state index is 15.1. The van der Waals surface area contributed by atoms with Gasteiger partial charge in [0.1, 0.15) is 18.2 Å². The number of likely N-dealkylation sites (N-methyl/N-ethyl adjacent to an activating group) is 1. The number of urea groups is 1. The zero-order valence-electron chi connectivity index (χ0n) is 36.5. The van der Waals surface area contributed by atoms with Crippen molar-refractivity contribution in [1.29, 1.82) is 0 Å². The molecule has 334 valence electrons. The van der Waals surface area contributed by atoms with Gasteiger partial charge in [0, 0.05) is 45.7 Å². The van der Waals surface area contributed by atoms with Crippen molar-refractivity contribution in [3.63, 3.8) is 0 Å². The lowest BCUT2D eigenvalue weighted by Gasteiger charge is -2.43. The van der Waals surface area contributed by atoms with Crippen LogP contribution in [0, 0.1) is 10.8 Å². The molecule has 2 aliphatic heterocycles. The van der Waals surface area contributed by atoms with Gasteiger partial charge in [0.15, 0.2) is 0 Å². The topological polar surface area (TPSA) is 204 Å². The number of benzene rings is 1. The molecule has 6 amide bonds. The number of likely N-dealkylation sites (tertiary alicyclic amines) is 1. The van der Waals surface area contributed by atoms with Gasteiger partial charge in [-0.2, -0.15) is 0 Å². The van der Waals surface area contributed by atoms with Gasteiger partial charge >= 0.3 is 12.1 Å². The van der Waals surface area contributed by atoms with Crippen molar-refractivity contribution >= 4 is 45.7 Å². The maximum Gasteiger partial charge on any atom is 0.410 e. The van der Waals surface area contributed by atoms with Gasteiger partial charge in [-0.15, -0.1) is 6.58 Å². The number of ether oxygens (including phenoxy) is 1. The Morgan fingerprint density at radius 3 is 2.32 bits per heavy atom. The van der Waals surface area contributed by atoms with Crippen LogP contribution >= 0.6 is 0 Å². The Hall–Kier alpha value is -4.51. The summed E-state index contributed by atoms with van der Waals surface area (Å²) in [7, 11) is -2.14. The molecule has 1 aromatic carbocycles. The van der Waals surface area contributed by atoms with Gasteiger partial charge in [0.05, 0.1) is 18.8 Å². The number of nitrogens with zero attached hydrogens (tertiary/aromatic N) is 3. The summed E-state index contributed by atoms with van der Waals surface area (Å²) in [5, 5.41) is 11.1. The van der Waals surface area contributed by atoms with Crippen LogP contribution in [-0.4, -0.2) is 128 Å². The fourth-order valence-electron chi connectivity index (χ4n) is 8.21. The van der Waals surface area contributed by atoms with Crippen LogP contribution in [0.3, 0.4) is 0 Å². The molecule has 0 radical (unpaired) electrons. The number of ketones is 1. The summed E-state index contributed by atoms with van der Waals surface area (Å²) in [4.78, 5) is 86.2. The number of sulfonamides is 1. The number of Topliss-reactive ketones (excluding diaryl/α,β-unsaturated/α-hetero) is 1. The summed E-state index contributed by atoms with van der Waals surface area (Å²) in [5.74, 6) is -2.94. The van der Waals surface area contributed by atoms with E-state index in [0.29, 0.717) is 45.2 Å². The molecule has 4 N–H and O–H groups in total. The van der Waals surface area contributed by atoms with Gasteiger partial charge in [-0.25, -0.2) is 22.3 Å². The molecule has 1 aliphatic carbocycles. The molecule has 1 aromatic rings. The van der Waals surface area contributed by atoms with Crippen molar-refractivity contribution < 1.29 is 41.9 Å². The number of carbonyl (C=O) groups excluding carboxylic acids is 6. The van der Waals surface area contributed by atoms with E-state index >= 15 is 4.79 Å². The highest BCUT2D eigenvalue weighted by Gasteiger charge is 2.49. The molecule has 17 heteroatoms. The molecule has 16 nitrogen and oxygen atoms in total. The van der Waals surface area contributed by atoms with Crippen molar-refractivity contribution in [2.45, 2.75) is 136 Å². The molecule has 4 rings (SSSR count). The smallest absolute Gasteiger partial charge is 0.410 e. The fraction of sp³-hybridized carbons (Fsp3) is 0.674. The number of unbranched alkanes of at least 4 members (excludes halogenated alkanes) is 1. The highest BCUT2D eigenvalue weighted by molar-refractivity contribution is 7.88. The first kappa shape index (κ1) is 48.2. The predicted molar refractivity (Wildman–Crippen MR) is 228 cm³/mol. The van der Waals surface area contributed by atoms with Crippen molar-refractivity contribution in [3.05, 3.63) is 48.0 Å². The Bertz CT molecular complexity index is 1840. The van der Waals surface area contributed by atoms with E-state index in [-0.39, 0.29) is 32.5 Å². The molecule has 2 heterocycles. The summed E-state index contributed by atoms with van der Waals surface area (Å²) in [5.41, 5.74) is 0.847. The number of amides is 6. The molecular weight excluding hydrogens is 791 g/mol. The number of nitrogens with one attached hydrogen (secondary N) is 4. The van der Waals surface area contributed by atoms with Crippen LogP contribution in [0.2, 0.25) is 0 Å². The van der Waals surface area contributed by atoms with Crippen LogP contribution in [-0.2, 0) is 46.9 Å². The highest BCUT2D eigenvalue weighted by atomic mass is 32.2. The van der Waals surface area contributed by atoms with Crippen LogP contribution in [0.4, 0.5) is 9.59 Å². The average Bonchev–Trinajstić information content (AvgIpc) is 3.62. The third-order valence-corrected chi connectivity index (χ3v) is 13.5. The summed E-state index contributed by atoms with van der Waals surface area (Å²) in [6, 6.07) is 3.01. The van der Waals surface area contributed by atoms with Crippen molar-refractivity contribution in [2.75, 3.05) is 39.5 Å². The normalized spacial score (nSPS) is 20.5. The minimum Gasteiger partial charge on any atom is -0.444 e. The second-order valence-electron chi connectivity index (χ2n) is 18.0. The van der Waals surface area contributed by atoms with E-state index in [9.17, 15) is 32.4 Å². The van der Waals surface area contributed by atoms with Gasteiger partial charge < -0.3 is 35.8 Å². The van der Waals surface area contributed by atoms with Crippen LogP contribution in [0.1, 0.15) is 104 Å². The molecule has 60 heavy (non-hydrogen) atoms. The summed E-state index contributed by atoms with van der Waals surface area (Å²) in [6.07, 6.45) is 6.80. The molecule has 3 aliphatic rings. The average molecular weight is 858 g/mol. The van der Waals surface area contributed by atoms with Crippen LogP contribution in [0.25, 0.3) is 0 Å². The molecular formula is C43H67N7O9S.